The highest BCUT2D eigenvalue weighted by Gasteiger charge is 2.30. The number of likely N-dealkylation sites (N-methyl/N-ethyl adjacent to an activating group) is 1. The van der Waals surface area contributed by atoms with E-state index in [1.165, 1.54) is 29.2 Å². The first-order chi connectivity index (χ1) is 9.99. The van der Waals surface area contributed by atoms with Gasteiger partial charge in [0, 0.05) is 38.3 Å². The molecule has 112 valence electrons. The number of β-amino-alcohol motifs (C(OH)–C–C–N with tert-alkyl or cyclic N) is 1. The molecule has 1 saturated heterocycles. The molecular weight excluding hydrogens is 274 g/mol. The Morgan fingerprint density at radius 3 is 2.90 bits per heavy atom. The van der Waals surface area contributed by atoms with Crippen molar-refractivity contribution >= 4 is 17.7 Å². The van der Waals surface area contributed by atoms with E-state index in [1.54, 1.807) is 19.2 Å². The van der Waals surface area contributed by atoms with Crippen LogP contribution in [0.15, 0.2) is 30.3 Å². The van der Waals surface area contributed by atoms with Crippen molar-refractivity contribution in [3.05, 3.63) is 46.0 Å². The number of hydrogen-bond acceptors (Lipinski definition) is 5. The SMILES string of the molecule is CN(C(=O)/C=C/c1cccc([N+](=O)[O-])c1)[C@@H]1CNC[C@H]1O. The van der Waals surface area contributed by atoms with Gasteiger partial charge in [-0.15, -0.1) is 0 Å². The van der Waals surface area contributed by atoms with Gasteiger partial charge in [-0.25, -0.2) is 0 Å². The molecule has 2 rings (SSSR count). The van der Waals surface area contributed by atoms with Crippen LogP contribution in [0.5, 0.6) is 0 Å². The van der Waals surface area contributed by atoms with E-state index >= 15 is 0 Å². The van der Waals surface area contributed by atoms with Gasteiger partial charge >= 0.3 is 0 Å². The molecule has 0 aromatic heterocycles. The van der Waals surface area contributed by atoms with Gasteiger partial charge in [0.1, 0.15) is 0 Å². The van der Waals surface area contributed by atoms with E-state index in [0.717, 1.165) is 0 Å². The molecule has 1 aromatic carbocycles. The minimum Gasteiger partial charge on any atom is -0.390 e. The third kappa shape index (κ3) is 3.65. The first-order valence-electron chi connectivity index (χ1n) is 6.57. The summed E-state index contributed by atoms with van der Waals surface area (Å²) in [5.41, 5.74) is 0.560. The topological polar surface area (TPSA) is 95.7 Å². The molecule has 1 aromatic rings. The number of aliphatic hydroxyl groups excluding tert-OH is 1. The fourth-order valence-electron chi connectivity index (χ4n) is 2.24. The van der Waals surface area contributed by atoms with Crippen LogP contribution in [0.4, 0.5) is 5.69 Å². The maximum Gasteiger partial charge on any atom is 0.270 e. The average molecular weight is 291 g/mol. The Hall–Kier alpha value is -2.25. The van der Waals surface area contributed by atoms with Crippen molar-refractivity contribution in [3.63, 3.8) is 0 Å². The Balaban J connectivity index is 2.04. The van der Waals surface area contributed by atoms with Crippen LogP contribution in [0.25, 0.3) is 6.08 Å². The molecule has 0 unspecified atom stereocenters. The maximum atomic E-state index is 12.0. The van der Waals surface area contributed by atoms with Crippen molar-refractivity contribution in [3.8, 4) is 0 Å². The molecule has 0 spiro atoms. The molecule has 0 aliphatic carbocycles. The molecule has 1 amide bonds. The van der Waals surface area contributed by atoms with Crippen LogP contribution in [-0.4, -0.2) is 53.1 Å². The number of hydrogen-bond donors (Lipinski definition) is 2. The lowest BCUT2D eigenvalue weighted by Crippen LogP contribution is -2.43. The summed E-state index contributed by atoms with van der Waals surface area (Å²) in [6, 6.07) is 5.79. The van der Waals surface area contributed by atoms with Gasteiger partial charge in [-0.1, -0.05) is 12.1 Å². The number of nitrogens with zero attached hydrogens (tertiary/aromatic N) is 2. The molecule has 0 saturated carbocycles. The number of benzene rings is 1. The zero-order chi connectivity index (χ0) is 15.4. The number of nitro benzene ring substituents is 1. The number of nitro groups is 1. The Morgan fingerprint density at radius 2 is 2.29 bits per heavy atom. The van der Waals surface area contributed by atoms with Crippen LogP contribution >= 0.6 is 0 Å². The molecule has 21 heavy (non-hydrogen) atoms. The smallest absolute Gasteiger partial charge is 0.270 e. The normalized spacial score (nSPS) is 21.6. The van der Waals surface area contributed by atoms with Crippen LogP contribution in [0, 0.1) is 10.1 Å². The number of amides is 1. The van der Waals surface area contributed by atoms with Crippen LogP contribution < -0.4 is 5.32 Å². The second kappa shape index (κ2) is 6.47. The molecule has 2 N–H and O–H groups in total. The van der Waals surface area contributed by atoms with Crippen molar-refractivity contribution < 1.29 is 14.8 Å². The van der Waals surface area contributed by atoms with E-state index in [4.69, 9.17) is 0 Å². The third-order valence-corrected chi connectivity index (χ3v) is 3.50. The number of non-ortho nitro benzene ring substituents is 1. The van der Waals surface area contributed by atoms with Gasteiger partial charge in [-0.05, 0) is 11.6 Å². The molecule has 1 aliphatic heterocycles. The van der Waals surface area contributed by atoms with Crippen molar-refractivity contribution in [2.75, 3.05) is 20.1 Å². The standard InChI is InChI=1S/C14H17N3O4/c1-16(12-8-15-9-13(12)18)14(19)6-5-10-3-2-4-11(7-10)17(20)21/h2-7,12-13,15,18H,8-9H2,1H3/b6-5+/t12-,13-/m1/s1. The second-order valence-corrected chi connectivity index (χ2v) is 4.93. The Labute approximate surface area is 122 Å². The number of carbonyl (C=O) groups excluding carboxylic acids is 1. The zero-order valence-electron chi connectivity index (χ0n) is 11.6. The molecule has 1 aliphatic rings. The van der Waals surface area contributed by atoms with Crippen LogP contribution in [-0.2, 0) is 4.79 Å². The van der Waals surface area contributed by atoms with Gasteiger partial charge in [-0.3, -0.25) is 14.9 Å². The largest absolute Gasteiger partial charge is 0.390 e. The zero-order valence-corrected chi connectivity index (χ0v) is 11.6. The monoisotopic (exact) mass is 291 g/mol. The lowest BCUT2D eigenvalue weighted by Gasteiger charge is -2.25. The van der Waals surface area contributed by atoms with Crippen molar-refractivity contribution in [2.45, 2.75) is 12.1 Å². The predicted octanol–water partition coefficient (Wildman–Crippen LogP) is 0.399. The van der Waals surface area contributed by atoms with Gasteiger partial charge in [0.25, 0.3) is 5.69 Å². The molecule has 7 nitrogen and oxygen atoms in total. The van der Waals surface area contributed by atoms with E-state index < -0.39 is 11.0 Å². The van der Waals surface area contributed by atoms with Crippen LogP contribution in [0.2, 0.25) is 0 Å². The summed E-state index contributed by atoms with van der Waals surface area (Å²) in [7, 11) is 1.63. The Bertz CT molecular complexity index is 573. The van der Waals surface area contributed by atoms with Gasteiger partial charge in [-0.2, -0.15) is 0 Å². The first kappa shape index (κ1) is 15.1. The Morgan fingerprint density at radius 1 is 1.52 bits per heavy atom. The summed E-state index contributed by atoms with van der Waals surface area (Å²) in [5.74, 6) is -0.255. The number of carbonyl (C=O) groups is 1. The molecule has 1 fully saturated rings. The van der Waals surface area contributed by atoms with Crippen LogP contribution in [0.3, 0.4) is 0 Å². The number of aliphatic hydroxyl groups is 1. The van der Waals surface area contributed by atoms with E-state index in [1.807, 2.05) is 0 Å². The summed E-state index contributed by atoms with van der Waals surface area (Å²) in [5, 5.41) is 23.4. The van der Waals surface area contributed by atoms with Crippen molar-refractivity contribution in [1.29, 1.82) is 0 Å². The fourth-order valence-corrected chi connectivity index (χ4v) is 2.24. The average Bonchev–Trinajstić information content (AvgIpc) is 2.90. The minimum atomic E-state index is -0.579. The third-order valence-electron chi connectivity index (χ3n) is 3.50. The number of rotatable bonds is 4. The van der Waals surface area contributed by atoms with Crippen LogP contribution in [0.1, 0.15) is 5.56 Å². The predicted molar refractivity (Wildman–Crippen MR) is 77.6 cm³/mol. The van der Waals surface area contributed by atoms with E-state index in [2.05, 4.69) is 5.32 Å². The van der Waals surface area contributed by atoms with E-state index in [-0.39, 0.29) is 17.6 Å². The van der Waals surface area contributed by atoms with Gasteiger partial charge < -0.3 is 15.3 Å². The molecule has 0 radical (unpaired) electrons. The fraction of sp³-hybridized carbons (Fsp3) is 0.357. The summed E-state index contributed by atoms with van der Waals surface area (Å²) in [6.07, 6.45) is 2.30. The summed E-state index contributed by atoms with van der Waals surface area (Å²) in [4.78, 5) is 23.7. The van der Waals surface area contributed by atoms with Crippen molar-refractivity contribution in [2.24, 2.45) is 0 Å². The first-order valence-corrected chi connectivity index (χ1v) is 6.57. The summed E-state index contributed by atoms with van der Waals surface area (Å²) in [6.45, 7) is 1.02. The molecule has 7 heteroatoms. The lowest BCUT2D eigenvalue weighted by atomic mass is 10.1. The highest BCUT2D eigenvalue weighted by atomic mass is 16.6. The summed E-state index contributed by atoms with van der Waals surface area (Å²) < 4.78 is 0. The second-order valence-electron chi connectivity index (χ2n) is 4.93. The van der Waals surface area contributed by atoms with E-state index in [9.17, 15) is 20.0 Å². The molecule has 1 heterocycles. The maximum absolute atomic E-state index is 12.0. The van der Waals surface area contributed by atoms with Crippen molar-refractivity contribution in [1.82, 2.24) is 10.2 Å². The molecular formula is C14H17N3O4. The van der Waals surface area contributed by atoms with Gasteiger partial charge in [0.2, 0.25) is 5.91 Å². The quantitative estimate of drug-likeness (QED) is 0.475. The Kier molecular flexibility index (Phi) is 4.66. The highest BCUT2D eigenvalue weighted by Crippen LogP contribution is 2.14. The van der Waals surface area contributed by atoms with Gasteiger partial charge in [0.15, 0.2) is 0 Å². The minimum absolute atomic E-state index is 0.0200. The van der Waals surface area contributed by atoms with E-state index in [0.29, 0.717) is 18.7 Å². The molecule has 0 bridgehead atoms. The number of nitrogens with one attached hydrogen (secondary N) is 1. The highest BCUT2D eigenvalue weighted by molar-refractivity contribution is 5.92. The van der Waals surface area contributed by atoms with Gasteiger partial charge in [0.05, 0.1) is 17.1 Å². The summed E-state index contributed by atoms with van der Waals surface area (Å²) >= 11 is 0. The lowest BCUT2D eigenvalue weighted by molar-refractivity contribution is -0.384. The molecule has 2 atom stereocenters.